The zero-order valence-electron chi connectivity index (χ0n) is 16.2. The molecule has 3 heteroatoms. The molecule has 0 aliphatic carbocycles. The Morgan fingerprint density at radius 2 is 1.73 bits per heavy atom. The first-order valence-electron chi connectivity index (χ1n) is 8.94. The van der Waals surface area contributed by atoms with Crippen LogP contribution in [0.4, 0.5) is 0 Å². The van der Waals surface area contributed by atoms with Gasteiger partial charge in [0.05, 0.1) is 0 Å². The van der Waals surface area contributed by atoms with Crippen LogP contribution in [0.3, 0.4) is 0 Å². The van der Waals surface area contributed by atoms with Crippen molar-refractivity contribution in [2.24, 2.45) is 0 Å². The van der Waals surface area contributed by atoms with E-state index in [4.69, 9.17) is 4.74 Å². The number of rotatable bonds is 6. The molecule has 0 saturated carbocycles. The standard InChI is InChI=1S/C22H15O2.C5H.Fe/c1-17-11-14-22(24-16-19-9-3-2-4-10-19)20(15-17)21(23)13-12-18-7-5-6-8-18;1-2-4-5-3-1;/h2-4,9-15H,16H2,1H3;1H;/q2*-5;. The SMILES string of the molecule is Cc1ccc(OCc2ccccc2)c(C(=O)C=C[c-]2[c-][c-][c-][c-]2)c1.[Fe].[c-]1[c-][c-][cH-][c-]1. The number of ketones is 1. The number of carbonyl (C=O) groups excluding carboxylic acids is 1. The second kappa shape index (κ2) is 12.4. The summed E-state index contributed by atoms with van der Waals surface area (Å²) in [6.07, 6.45) is 3.15. The first-order chi connectivity index (χ1) is 14.2. The Morgan fingerprint density at radius 1 is 1.03 bits per heavy atom. The summed E-state index contributed by atoms with van der Waals surface area (Å²) in [6, 6.07) is 38.4. The summed E-state index contributed by atoms with van der Waals surface area (Å²) in [5, 5.41) is 0. The van der Waals surface area contributed by atoms with Crippen molar-refractivity contribution in [1.82, 2.24) is 0 Å². The van der Waals surface area contributed by atoms with Crippen molar-refractivity contribution < 1.29 is 26.6 Å². The van der Waals surface area contributed by atoms with Crippen molar-refractivity contribution in [2.75, 3.05) is 0 Å². The summed E-state index contributed by atoms with van der Waals surface area (Å²) in [7, 11) is 0. The maximum Gasteiger partial charge on any atom is 0.128 e. The molecular weight excluding hydrogens is 412 g/mol. The Morgan fingerprint density at radius 3 is 2.37 bits per heavy atom. The van der Waals surface area contributed by atoms with Crippen LogP contribution in [0.25, 0.3) is 6.08 Å². The molecule has 0 aliphatic heterocycles. The predicted molar refractivity (Wildman–Crippen MR) is 110 cm³/mol. The van der Waals surface area contributed by atoms with Crippen LogP contribution in [0.2, 0.25) is 0 Å². The molecule has 0 amide bonds. The van der Waals surface area contributed by atoms with Crippen molar-refractivity contribution in [3.05, 3.63) is 131 Å². The van der Waals surface area contributed by atoms with E-state index in [9.17, 15) is 4.79 Å². The summed E-state index contributed by atoms with van der Waals surface area (Å²) in [5.74, 6) is 0.456. The smallest absolute Gasteiger partial charge is 0.128 e. The van der Waals surface area contributed by atoms with Gasteiger partial charge >= 0.3 is 0 Å². The molecule has 30 heavy (non-hydrogen) atoms. The van der Waals surface area contributed by atoms with Crippen LogP contribution in [0.1, 0.15) is 27.0 Å². The maximum absolute atomic E-state index is 12.5. The van der Waals surface area contributed by atoms with Gasteiger partial charge in [-0.15, -0.1) is 0 Å². The van der Waals surface area contributed by atoms with E-state index in [2.05, 4.69) is 48.5 Å². The number of carbonyl (C=O) groups is 1. The predicted octanol–water partition coefficient (Wildman–Crippen LogP) is 4.99. The number of benzene rings is 2. The Kier molecular flexibility index (Phi) is 9.60. The second-order valence-electron chi connectivity index (χ2n) is 6.07. The van der Waals surface area contributed by atoms with Gasteiger partial charge in [-0.3, -0.25) is 0 Å². The molecule has 4 aromatic rings. The fourth-order valence-corrected chi connectivity index (χ4v) is 2.44. The van der Waals surface area contributed by atoms with Gasteiger partial charge in [0.15, 0.2) is 0 Å². The summed E-state index contributed by atoms with van der Waals surface area (Å²) in [5.41, 5.74) is 3.26. The van der Waals surface area contributed by atoms with E-state index in [0.717, 1.165) is 11.1 Å². The maximum atomic E-state index is 12.5. The van der Waals surface area contributed by atoms with Crippen LogP contribution in [0.5, 0.6) is 5.75 Å². The minimum absolute atomic E-state index is 0. The average Bonchev–Trinajstić information content (AvgIpc) is 3.48. The summed E-state index contributed by atoms with van der Waals surface area (Å²) in [4.78, 5) is 12.5. The zero-order valence-corrected chi connectivity index (χ0v) is 17.3. The summed E-state index contributed by atoms with van der Waals surface area (Å²) >= 11 is 0. The van der Waals surface area contributed by atoms with Crippen molar-refractivity contribution in [2.45, 2.75) is 13.5 Å². The second-order valence-corrected chi connectivity index (χ2v) is 6.07. The van der Waals surface area contributed by atoms with Gasteiger partial charge in [-0.1, -0.05) is 42.0 Å². The van der Waals surface area contributed by atoms with E-state index < -0.39 is 0 Å². The molecule has 154 valence electrons. The van der Waals surface area contributed by atoms with Crippen molar-refractivity contribution in [3.8, 4) is 5.75 Å². The van der Waals surface area contributed by atoms with Crippen LogP contribution in [0, 0.1) is 55.5 Å². The van der Waals surface area contributed by atoms with Gasteiger partial charge in [0, 0.05) is 28.4 Å². The minimum Gasteiger partial charge on any atom is -0.999 e. The Bertz CT molecular complexity index is 997. The molecule has 0 atom stereocenters. The normalized spacial score (nSPS) is 10.0. The molecule has 4 rings (SSSR count). The Hall–Kier alpha value is -3.13. The van der Waals surface area contributed by atoms with Crippen LogP contribution in [0.15, 0.2) is 60.7 Å². The number of aryl methyl sites for hydroxylation is 1. The monoisotopic (exact) mass is 428 g/mol. The van der Waals surface area contributed by atoms with Gasteiger partial charge in [-0.25, -0.2) is 0 Å². The molecule has 2 nitrogen and oxygen atoms in total. The van der Waals surface area contributed by atoms with E-state index in [-0.39, 0.29) is 22.9 Å². The molecule has 0 aromatic heterocycles. The largest absolute Gasteiger partial charge is 0.999 e. The van der Waals surface area contributed by atoms with Gasteiger partial charge in [0.1, 0.15) is 12.4 Å². The van der Waals surface area contributed by atoms with E-state index in [0.29, 0.717) is 23.5 Å². The van der Waals surface area contributed by atoms with Crippen molar-refractivity contribution in [1.29, 1.82) is 0 Å². The van der Waals surface area contributed by atoms with Gasteiger partial charge in [0.2, 0.25) is 0 Å². The van der Waals surface area contributed by atoms with E-state index in [1.807, 2.05) is 55.5 Å². The third kappa shape index (κ3) is 7.36. The van der Waals surface area contributed by atoms with Crippen LogP contribution in [-0.2, 0) is 23.7 Å². The fourth-order valence-electron chi connectivity index (χ4n) is 2.44. The van der Waals surface area contributed by atoms with E-state index >= 15 is 0 Å². The number of hydrogen-bond donors (Lipinski definition) is 0. The third-order valence-electron chi connectivity index (χ3n) is 3.85. The van der Waals surface area contributed by atoms with Gasteiger partial charge < -0.3 is 81.8 Å². The first-order valence-corrected chi connectivity index (χ1v) is 8.94. The molecular formula is C27H16FeO2-10. The molecule has 0 unspecified atom stereocenters. The summed E-state index contributed by atoms with van der Waals surface area (Å²) < 4.78 is 5.85. The third-order valence-corrected chi connectivity index (χ3v) is 3.85. The number of ether oxygens (including phenoxy) is 1. The molecule has 0 N–H and O–H groups in total. The Balaban J connectivity index is 0.000000468. The summed E-state index contributed by atoms with van der Waals surface area (Å²) in [6.45, 7) is 2.37. The zero-order chi connectivity index (χ0) is 20.3. The average molecular weight is 428 g/mol. The van der Waals surface area contributed by atoms with Crippen molar-refractivity contribution >= 4 is 11.9 Å². The Labute approximate surface area is 189 Å². The molecule has 0 fully saturated rings. The quantitative estimate of drug-likeness (QED) is 0.187. The topological polar surface area (TPSA) is 26.3 Å². The molecule has 0 aliphatic rings. The molecule has 4 aromatic carbocycles. The number of allylic oxidation sites excluding steroid dienone is 1. The fraction of sp³-hybridized carbons (Fsp3) is 0.0741. The van der Waals surface area contributed by atoms with Gasteiger partial charge in [-0.05, 0) is 24.6 Å². The van der Waals surface area contributed by atoms with Crippen LogP contribution < -0.4 is 4.74 Å². The van der Waals surface area contributed by atoms with Gasteiger partial charge in [-0.2, -0.15) is 0 Å². The van der Waals surface area contributed by atoms with E-state index in [1.165, 1.54) is 6.08 Å². The minimum atomic E-state index is -0.121. The van der Waals surface area contributed by atoms with Crippen molar-refractivity contribution in [3.63, 3.8) is 0 Å². The van der Waals surface area contributed by atoms with E-state index in [1.54, 1.807) is 12.1 Å². The first kappa shape index (κ1) is 23.2. The van der Waals surface area contributed by atoms with Crippen LogP contribution in [-0.4, -0.2) is 5.78 Å². The number of hydrogen-bond acceptors (Lipinski definition) is 2. The molecule has 0 saturated heterocycles. The molecule has 0 heterocycles. The molecule has 0 radical (unpaired) electrons. The van der Waals surface area contributed by atoms with Gasteiger partial charge in [0.25, 0.3) is 0 Å². The molecule has 0 spiro atoms. The van der Waals surface area contributed by atoms with Crippen LogP contribution >= 0.6 is 0 Å². The molecule has 0 bridgehead atoms.